The van der Waals surface area contributed by atoms with E-state index >= 15 is 0 Å². The van der Waals surface area contributed by atoms with Crippen molar-refractivity contribution >= 4 is 17.3 Å². The van der Waals surface area contributed by atoms with Gasteiger partial charge >= 0.3 is 0 Å². The molecule has 0 radical (unpaired) electrons. The second-order valence-electron chi connectivity index (χ2n) is 4.44. The highest BCUT2D eigenvalue weighted by molar-refractivity contribution is 7.80. The highest BCUT2D eigenvalue weighted by atomic mass is 32.1. The molecule has 2 nitrogen and oxygen atoms in total. The molecule has 1 aliphatic heterocycles. The molecule has 0 aromatic heterocycles. The van der Waals surface area contributed by atoms with Crippen LogP contribution in [0.3, 0.4) is 0 Å². The van der Waals surface area contributed by atoms with Crippen molar-refractivity contribution in [2.24, 2.45) is 5.73 Å². The molecule has 0 saturated carbocycles. The van der Waals surface area contributed by atoms with Gasteiger partial charge in [-0.1, -0.05) is 37.3 Å². The lowest BCUT2D eigenvalue weighted by atomic mass is 9.82. The largest absolute Gasteiger partial charge is 0.376 e. The maximum Gasteiger partial charge on any atom is 0.166 e. The second kappa shape index (κ2) is 3.81. The zero-order chi connectivity index (χ0) is 10.9. The summed E-state index contributed by atoms with van der Waals surface area (Å²) in [7, 11) is 0. The van der Waals surface area contributed by atoms with E-state index in [4.69, 9.17) is 18.0 Å². The van der Waals surface area contributed by atoms with Crippen LogP contribution in [0, 0.1) is 0 Å². The minimum atomic E-state index is 0.199. The summed E-state index contributed by atoms with van der Waals surface area (Å²) < 4.78 is 0. The van der Waals surface area contributed by atoms with Gasteiger partial charge in [-0.15, -0.1) is 0 Å². The van der Waals surface area contributed by atoms with E-state index in [0.29, 0.717) is 5.11 Å². The average Bonchev–Trinajstić information content (AvgIpc) is 2.64. The zero-order valence-electron chi connectivity index (χ0n) is 8.94. The maximum atomic E-state index is 5.65. The van der Waals surface area contributed by atoms with Crippen LogP contribution in [0.15, 0.2) is 30.3 Å². The van der Waals surface area contributed by atoms with Crippen molar-refractivity contribution in [1.29, 1.82) is 0 Å². The summed E-state index contributed by atoms with van der Waals surface area (Å²) in [6.07, 6.45) is 1.12. The number of hydrogen-bond acceptors (Lipinski definition) is 1. The molecule has 1 unspecified atom stereocenters. The third-order valence-corrected chi connectivity index (χ3v) is 3.51. The van der Waals surface area contributed by atoms with Crippen LogP contribution in [0.25, 0.3) is 0 Å². The molecule has 1 saturated heterocycles. The van der Waals surface area contributed by atoms with Gasteiger partial charge in [0.25, 0.3) is 0 Å². The van der Waals surface area contributed by atoms with Crippen molar-refractivity contribution in [2.75, 3.05) is 13.1 Å². The Balaban J connectivity index is 2.20. The van der Waals surface area contributed by atoms with Gasteiger partial charge in [-0.2, -0.15) is 0 Å². The Kier molecular flexibility index (Phi) is 2.65. The molecule has 1 heterocycles. The van der Waals surface area contributed by atoms with Gasteiger partial charge < -0.3 is 10.6 Å². The van der Waals surface area contributed by atoms with Crippen molar-refractivity contribution < 1.29 is 0 Å². The Morgan fingerprint density at radius 3 is 2.60 bits per heavy atom. The van der Waals surface area contributed by atoms with Crippen LogP contribution in [0.4, 0.5) is 0 Å². The number of nitrogens with two attached hydrogens (primary N) is 1. The second-order valence-corrected chi connectivity index (χ2v) is 4.85. The van der Waals surface area contributed by atoms with E-state index in [2.05, 4.69) is 36.1 Å². The third-order valence-electron chi connectivity index (χ3n) is 3.26. The molecule has 0 spiro atoms. The first-order valence-electron chi connectivity index (χ1n) is 5.22. The molecule has 0 aliphatic carbocycles. The average molecular weight is 220 g/mol. The normalized spacial score (nSPS) is 25.5. The fourth-order valence-electron chi connectivity index (χ4n) is 2.23. The Hall–Kier alpha value is -1.09. The Labute approximate surface area is 96.1 Å². The molecule has 1 fully saturated rings. The number of hydrogen-bond donors (Lipinski definition) is 1. The van der Waals surface area contributed by atoms with Gasteiger partial charge in [-0.25, -0.2) is 0 Å². The van der Waals surface area contributed by atoms with Crippen LogP contribution in [-0.4, -0.2) is 23.1 Å². The van der Waals surface area contributed by atoms with Crippen LogP contribution in [0.5, 0.6) is 0 Å². The predicted molar refractivity (Wildman–Crippen MR) is 66.8 cm³/mol. The standard InChI is InChI=1S/C12H16N2S/c1-12(10-5-3-2-4-6-10)7-8-14(9-12)11(13)15/h2-6H,7-9H2,1H3,(H2,13,15). The minimum absolute atomic E-state index is 0.199. The summed E-state index contributed by atoms with van der Waals surface area (Å²) in [6, 6.07) is 10.6. The Morgan fingerprint density at radius 2 is 2.07 bits per heavy atom. The highest BCUT2D eigenvalue weighted by Crippen LogP contribution is 2.33. The molecule has 1 atom stereocenters. The number of likely N-dealkylation sites (tertiary alicyclic amines) is 1. The first kappa shape index (κ1) is 10.4. The fraction of sp³-hybridized carbons (Fsp3) is 0.417. The summed E-state index contributed by atoms with van der Waals surface area (Å²) in [6.45, 7) is 4.19. The summed E-state index contributed by atoms with van der Waals surface area (Å²) in [5.41, 5.74) is 7.23. The van der Waals surface area contributed by atoms with E-state index in [0.717, 1.165) is 19.5 Å². The molecule has 0 bridgehead atoms. The molecule has 1 aromatic carbocycles. The zero-order valence-corrected chi connectivity index (χ0v) is 9.76. The quantitative estimate of drug-likeness (QED) is 0.733. The minimum Gasteiger partial charge on any atom is -0.376 e. The maximum absolute atomic E-state index is 5.65. The summed E-state index contributed by atoms with van der Waals surface area (Å²) in [4.78, 5) is 2.09. The van der Waals surface area contributed by atoms with Crippen molar-refractivity contribution in [3.63, 3.8) is 0 Å². The number of nitrogens with zero attached hydrogens (tertiary/aromatic N) is 1. The van der Waals surface area contributed by atoms with Crippen molar-refractivity contribution in [3.8, 4) is 0 Å². The third kappa shape index (κ3) is 1.97. The molecule has 1 aromatic rings. The molecular formula is C12H16N2S. The molecule has 1 aliphatic rings. The number of benzene rings is 1. The first-order valence-corrected chi connectivity index (χ1v) is 5.62. The van der Waals surface area contributed by atoms with Gasteiger partial charge in [0.05, 0.1) is 0 Å². The van der Waals surface area contributed by atoms with Crippen LogP contribution >= 0.6 is 12.2 Å². The van der Waals surface area contributed by atoms with E-state index in [1.807, 2.05) is 6.07 Å². The highest BCUT2D eigenvalue weighted by Gasteiger charge is 2.35. The van der Waals surface area contributed by atoms with Crippen LogP contribution < -0.4 is 5.73 Å². The molecule has 80 valence electrons. The van der Waals surface area contributed by atoms with Gasteiger partial charge in [-0.05, 0) is 24.2 Å². The van der Waals surface area contributed by atoms with Gasteiger partial charge in [0.15, 0.2) is 5.11 Å². The predicted octanol–water partition coefficient (Wildman–Crippen LogP) is 1.89. The lowest BCUT2D eigenvalue weighted by Gasteiger charge is -2.25. The van der Waals surface area contributed by atoms with Gasteiger partial charge in [0.2, 0.25) is 0 Å². The van der Waals surface area contributed by atoms with E-state index in [-0.39, 0.29) is 5.41 Å². The molecule has 2 rings (SSSR count). The summed E-state index contributed by atoms with van der Waals surface area (Å²) in [5, 5.41) is 0.523. The van der Waals surface area contributed by atoms with E-state index in [1.54, 1.807) is 0 Å². The van der Waals surface area contributed by atoms with Crippen LogP contribution in [-0.2, 0) is 5.41 Å². The molecule has 15 heavy (non-hydrogen) atoms. The lowest BCUT2D eigenvalue weighted by Crippen LogP contribution is -2.36. The lowest BCUT2D eigenvalue weighted by molar-refractivity contribution is 0.454. The summed E-state index contributed by atoms with van der Waals surface area (Å²) in [5.74, 6) is 0. The van der Waals surface area contributed by atoms with Crippen molar-refractivity contribution in [3.05, 3.63) is 35.9 Å². The summed E-state index contributed by atoms with van der Waals surface area (Å²) >= 11 is 5.01. The Morgan fingerprint density at radius 1 is 1.40 bits per heavy atom. The molecular weight excluding hydrogens is 204 g/mol. The number of rotatable bonds is 1. The van der Waals surface area contributed by atoms with E-state index < -0.39 is 0 Å². The van der Waals surface area contributed by atoms with Crippen LogP contribution in [0.1, 0.15) is 18.9 Å². The SMILES string of the molecule is CC1(c2ccccc2)CCN(C(N)=S)C1. The monoisotopic (exact) mass is 220 g/mol. The van der Waals surface area contributed by atoms with Gasteiger partial charge in [0.1, 0.15) is 0 Å². The van der Waals surface area contributed by atoms with E-state index in [1.165, 1.54) is 5.56 Å². The first-order chi connectivity index (χ1) is 7.12. The van der Waals surface area contributed by atoms with Crippen molar-refractivity contribution in [1.82, 2.24) is 4.90 Å². The fourth-order valence-corrected chi connectivity index (χ4v) is 2.38. The van der Waals surface area contributed by atoms with Gasteiger partial charge in [0, 0.05) is 18.5 Å². The van der Waals surface area contributed by atoms with Gasteiger partial charge in [-0.3, -0.25) is 0 Å². The number of thiocarbonyl (C=S) groups is 1. The molecule has 0 amide bonds. The van der Waals surface area contributed by atoms with Crippen LogP contribution in [0.2, 0.25) is 0 Å². The smallest absolute Gasteiger partial charge is 0.166 e. The van der Waals surface area contributed by atoms with Crippen molar-refractivity contribution in [2.45, 2.75) is 18.8 Å². The topological polar surface area (TPSA) is 29.3 Å². The van der Waals surface area contributed by atoms with E-state index in [9.17, 15) is 0 Å². The molecule has 2 N–H and O–H groups in total. The molecule has 3 heteroatoms. The Bertz CT molecular complexity index is 363.